The fourth-order valence-corrected chi connectivity index (χ4v) is 1.82. The summed E-state index contributed by atoms with van der Waals surface area (Å²) in [4.78, 5) is 11.6. The van der Waals surface area contributed by atoms with E-state index in [2.05, 4.69) is 19.2 Å². The molecule has 2 nitrogen and oxygen atoms in total. The highest BCUT2D eigenvalue weighted by Crippen LogP contribution is 2.31. The Hall–Kier alpha value is -0.530. The molecule has 0 radical (unpaired) electrons. The van der Waals surface area contributed by atoms with Gasteiger partial charge in [0, 0.05) is 11.5 Å². The van der Waals surface area contributed by atoms with Crippen LogP contribution in [0, 0.1) is 5.92 Å². The van der Waals surface area contributed by atoms with Crippen LogP contribution >= 0.6 is 0 Å². The zero-order valence-corrected chi connectivity index (χ0v) is 9.02. The summed E-state index contributed by atoms with van der Waals surface area (Å²) in [5.74, 6) is 0.423. The molecule has 0 heterocycles. The predicted octanol–water partition coefficient (Wildman–Crippen LogP) is 2.48. The molecule has 0 bridgehead atoms. The van der Waals surface area contributed by atoms with Gasteiger partial charge in [-0.15, -0.1) is 0 Å². The molecule has 13 heavy (non-hydrogen) atoms. The summed E-state index contributed by atoms with van der Waals surface area (Å²) in [6, 6.07) is 0. The molecule has 1 aliphatic rings. The van der Waals surface area contributed by atoms with Gasteiger partial charge >= 0.3 is 0 Å². The third kappa shape index (κ3) is 2.71. The lowest BCUT2D eigenvalue weighted by Gasteiger charge is -2.39. The van der Waals surface area contributed by atoms with Crippen molar-refractivity contribution in [1.82, 2.24) is 5.32 Å². The van der Waals surface area contributed by atoms with Crippen molar-refractivity contribution in [2.24, 2.45) is 5.92 Å². The van der Waals surface area contributed by atoms with Gasteiger partial charge in [-0.1, -0.05) is 20.3 Å². The van der Waals surface area contributed by atoms with E-state index in [0.717, 1.165) is 25.7 Å². The van der Waals surface area contributed by atoms with E-state index in [1.54, 1.807) is 0 Å². The van der Waals surface area contributed by atoms with E-state index in [9.17, 15) is 4.79 Å². The molecule has 1 aliphatic carbocycles. The molecule has 1 atom stereocenters. The average molecular weight is 183 g/mol. The van der Waals surface area contributed by atoms with Gasteiger partial charge < -0.3 is 5.32 Å². The van der Waals surface area contributed by atoms with Gasteiger partial charge in [0.05, 0.1) is 0 Å². The zero-order chi connectivity index (χ0) is 9.90. The maximum Gasteiger partial charge on any atom is 0.223 e. The average Bonchev–Trinajstić information content (AvgIpc) is 2.02. The number of nitrogens with one attached hydrogen (secondary N) is 1. The van der Waals surface area contributed by atoms with E-state index in [0.29, 0.717) is 0 Å². The van der Waals surface area contributed by atoms with Crippen molar-refractivity contribution in [2.45, 2.75) is 58.4 Å². The van der Waals surface area contributed by atoms with E-state index < -0.39 is 0 Å². The molecule has 1 fully saturated rings. The van der Waals surface area contributed by atoms with E-state index in [-0.39, 0.29) is 17.4 Å². The fourth-order valence-electron chi connectivity index (χ4n) is 1.82. The van der Waals surface area contributed by atoms with E-state index in [1.807, 2.05) is 6.92 Å². The molecular formula is C11H21NO. The summed E-state index contributed by atoms with van der Waals surface area (Å²) in [6.07, 6.45) is 5.65. The van der Waals surface area contributed by atoms with Crippen molar-refractivity contribution >= 4 is 5.91 Å². The second-order valence-corrected chi connectivity index (χ2v) is 4.59. The zero-order valence-electron chi connectivity index (χ0n) is 9.02. The van der Waals surface area contributed by atoms with E-state index >= 15 is 0 Å². The highest BCUT2D eigenvalue weighted by Gasteiger charge is 2.33. The second kappa shape index (κ2) is 4.12. The summed E-state index contributed by atoms with van der Waals surface area (Å²) >= 11 is 0. The monoisotopic (exact) mass is 183 g/mol. The van der Waals surface area contributed by atoms with Gasteiger partial charge in [0.25, 0.3) is 0 Å². The first-order valence-electron chi connectivity index (χ1n) is 5.39. The van der Waals surface area contributed by atoms with E-state index in [4.69, 9.17) is 0 Å². The molecule has 0 aliphatic heterocycles. The number of rotatable bonds is 4. The van der Waals surface area contributed by atoms with Gasteiger partial charge in [0.15, 0.2) is 0 Å². The normalized spacial score (nSPS) is 21.8. The number of hydrogen-bond acceptors (Lipinski definition) is 1. The Morgan fingerprint density at radius 2 is 2.15 bits per heavy atom. The second-order valence-electron chi connectivity index (χ2n) is 4.59. The van der Waals surface area contributed by atoms with Crippen LogP contribution in [0.4, 0.5) is 0 Å². The van der Waals surface area contributed by atoms with Gasteiger partial charge in [-0.2, -0.15) is 0 Å². The van der Waals surface area contributed by atoms with Crippen molar-refractivity contribution in [3.05, 3.63) is 0 Å². The van der Waals surface area contributed by atoms with Crippen molar-refractivity contribution in [3.63, 3.8) is 0 Å². The van der Waals surface area contributed by atoms with Crippen molar-refractivity contribution < 1.29 is 4.79 Å². The molecule has 0 aromatic heterocycles. The molecule has 1 saturated carbocycles. The molecule has 1 N–H and O–H groups in total. The fraction of sp³-hybridized carbons (Fsp3) is 0.909. The molecule has 0 spiro atoms. The first-order valence-corrected chi connectivity index (χ1v) is 5.39. The van der Waals surface area contributed by atoms with Crippen molar-refractivity contribution in [3.8, 4) is 0 Å². The Balaban J connectivity index is 2.31. The third-order valence-corrected chi connectivity index (χ3v) is 3.05. The number of carbonyl (C=O) groups is 1. The Labute approximate surface area is 81.1 Å². The van der Waals surface area contributed by atoms with Gasteiger partial charge in [0.1, 0.15) is 0 Å². The Kier molecular flexibility index (Phi) is 3.34. The van der Waals surface area contributed by atoms with Crippen LogP contribution in [-0.4, -0.2) is 11.4 Å². The maximum atomic E-state index is 11.6. The summed E-state index contributed by atoms with van der Waals surface area (Å²) in [7, 11) is 0. The first kappa shape index (κ1) is 10.6. The summed E-state index contributed by atoms with van der Waals surface area (Å²) < 4.78 is 0. The minimum absolute atomic E-state index is 0.124. The quantitative estimate of drug-likeness (QED) is 0.712. The highest BCUT2D eigenvalue weighted by atomic mass is 16.2. The molecule has 0 aromatic rings. The first-order chi connectivity index (χ1) is 6.07. The Morgan fingerprint density at radius 1 is 1.54 bits per heavy atom. The van der Waals surface area contributed by atoms with Crippen molar-refractivity contribution in [1.29, 1.82) is 0 Å². The Morgan fingerprint density at radius 3 is 2.54 bits per heavy atom. The molecule has 2 heteroatoms. The standard InChI is InChI=1S/C11H21NO/c1-4-6-9(2)10(13)12-11(3)7-5-8-11/h9H,4-8H2,1-3H3,(H,12,13). The van der Waals surface area contributed by atoms with Crippen LogP contribution in [0.3, 0.4) is 0 Å². The van der Waals surface area contributed by atoms with Crippen LogP contribution < -0.4 is 5.32 Å². The van der Waals surface area contributed by atoms with Gasteiger partial charge in [0.2, 0.25) is 5.91 Å². The minimum Gasteiger partial charge on any atom is -0.351 e. The van der Waals surface area contributed by atoms with Crippen LogP contribution in [0.2, 0.25) is 0 Å². The lowest BCUT2D eigenvalue weighted by molar-refractivity contribution is -0.127. The minimum atomic E-state index is 0.124. The molecular weight excluding hydrogens is 162 g/mol. The maximum absolute atomic E-state index is 11.6. The summed E-state index contributed by atoms with van der Waals surface area (Å²) in [5, 5.41) is 3.14. The Bertz CT molecular complexity index is 185. The van der Waals surface area contributed by atoms with Crippen LogP contribution in [0.5, 0.6) is 0 Å². The SMILES string of the molecule is CCCC(C)C(=O)NC1(C)CCC1. The predicted molar refractivity (Wildman–Crippen MR) is 54.5 cm³/mol. The van der Waals surface area contributed by atoms with Crippen LogP contribution in [0.1, 0.15) is 52.9 Å². The lowest BCUT2D eigenvalue weighted by Crippen LogP contribution is -2.52. The number of amides is 1. The topological polar surface area (TPSA) is 29.1 Å². The van der Waals surface area contributed by atoms with Gasteiger partial charge in [-0.25, -0.2) is 0 Å². The van der Waals surface area contributed by atoms with Crippen molar-refractivity contribution in [2.75, 3.05) is 0 Å². The number of hydrogen-bond donors (Lipinski definition) is 1. The lowest BCUT2D eigenvalue weighted by atomic mass is 9.78. The van der Waals surface area contributed by atoms with Gasteiger partial charge in [-0.3, -0.25) is 4.79 Å². The summed E-state index contributed by atoms with van der Waals surface area (Å²) in [5.41, 5.74) is 0.124. The largest absolute Gasteiger partial charge is 0.351 e. The third-order valence-electron chi connectivity index (χ3n) is 3.05. The molecule has 76 valence electrons. The highest BCUT2D eigenvalue weighted by molar-refractivity contribution is 5.79. The molecule has 0 saturated heterocycles. The molecule has 1 amide bonds. The molecule has 1 unspecified atom stereocenters. The summed E-state index contributed by atoms with van der Waals surface area (Å²) in [6.45, 7) is 6.28. The van der Waals surface area contributed by atoms with Crippen LogP contribution in [0.15, 0.2) is 0 Å². The van der Waals surface area contributed by atoms with Crippen LogP contribution in [-0.2, 0) is 4.79 Å². The molecule has 0 aromatic carbocycles. The van der Waals surface area contributed by atoms with Gasteiger partial charge in [-0.05, 0) is 32.6 Å². The smallest absolute Gasteiger partial charge is 0.223 e. The molecule has 1 rings (SSSR count). The number of carbonyl (C=O) groups excluding carboxylic acids is 1. The van der Waals surface area contributed by atoms with E-state index in [1.165, 1.54) is 6.42 Å². The van der Waals surface area contributed by atoms with Crippen LogP contribution in [0.25, 0.3) is 0 Å².